The van der Waals surface area contributed by atoms with E-state index in [2.05, 4.69) is 18.2 Å². The largest absolute Gasteiger partial charge is 0.290 e. The van der Waals surface area contributed by atoms with E-state index in [0.717, 1.165) is 30.6 Å². The summed E-state index contributed by atoms with van der Waals surface area (Å²) in [6.07, 6.45) is -6.88. The van der Waals surface area contributed by atoms with Crippen molar-refractivity contribution in [3.8, 4) is 0 Å². The maximum atomic E-state index is 15.4. The molecule has 0 heterocycles. The molecule has 8 aromatic rings. The van der Waals surface area contributed by atoms with Crippen molar-refractivity contribution in [1.82, 2.24) is 0 Å². The Morgan fingerprint density at radius 2 is 0.500 bits per heavy atom. The molecule has 0 saturated carbocycles. The first-order chi connectivity index (χ1) is 35.7. The van der Waals surface area contributed by atoms with Crippen LogP contribution in [0.5, 0.6) is 0 Å². The third-order valence-electron chi connectivity index (χ3n) is 12.1. The summed E-state index contributed by atoms with van der Waals surface area (Å²) in [6.45, 7) is 0. The maximum absolute atomic E-state index is 15.4. The lowest BCUT2D eigenvalue weighted by Gasteiger charge is -2.44. The Kier molecular flexibility index (Phi) is 16.5. The minimum Gasteiger partial charge on any atom is -0.290 e. The lowest BCUT2D eigenvalue weighted by Crippen LogP contribution is -2.81. The highest BCUT2D eigenvalue weighted by Crippen LogP contribution is 2.59. The average molecular weight is 1160 g/mol. The fourth-order valence-electron chi connectivity index (χ4n) is 8.81. The number of halogens is 20. The molecule has 8 aromatic carbocycles. The van der Waals surface area contributed by atoms with Gasteiger partial charge in [-0.25, -0.2) is 87.8 Å². The van der Waals surface area contributed by atoms with Gasteiger partial charge in [0.2, 0.25) is 5.78 Å². The van der Waals surface area contributed by atoms with Gasteiger partial charge < -0.3 is 0 Å². The molecule has 76 heavy (non-hydrogen) atoms. The second-order valence-corrected chi connectivity index (χ2v) is 20.9. The first-order valence-electron chi connectivity index (χ1n) is 20.8. The molecule has 0 saturated heterocycles. The maximum Gasteiger partial charge on any atom is 0.201 e. The summed E-state index contributed by atoms with van der Waals surface area (Å²) in [5.41, 5.74) is -13.6. The number of benzene rings is 8. The number of carbonyl (C=O) groups is 1. The van der Waals surface area contributed by atoms with Gasteiger partial charge >= 0.3 is 0 Å². The minimum absolute atomic E-state index is 0.0960. The Morgan fingerprint density at radius 1 is 0.303 bits per heavy atom. The molecule has 26 heteroatoms. The molecule has 0 fully saturated rings. The number of thiol groups is 3. The lowest BCUT2D eigenvalue weighted by molar-refractivity contribution is 0.102. The van der Waals surface area contributed by atoms with Gasteiger partial charge in [0, 0.05) is 20.2 Å². The van der Waals surface area contributed by atoms with Crippen molar-refractivity contribution in [1.29, 1.82) is 0 Å². The highest BCUT2D eigenvalue weighted by atomic mass is 32.1. The Balaban J connectivity index is 0.000000236. The van der Waals surface area contributed by atoms with Crippen LogP contribution in [0.4, 0.5) is 87.8 Å². The Bertz CT molecular complexity index is 3170. The zero-order valence-electron chi connectivity index (χ0n) is 36.9. The van der Waals surface area contributed by atoms with E-state index < -0.39 is 152 Å². The number of Topliss-reactive ketones (excluding diaryl/α,β-unsaturated/α-hetero) is 1. The van der Waals surface area contributed by atoms with Gasteiger partial charge in [-0.1, -0.05) is 66.7 Å². The zero-order valence-corrected chi connectivity index (χ0v) is 40.4. The monoisotopic (exact) mass is 1160 g/mol. The van der Waals surface area contributed by atoms with Crippen molar-refractivity contribution in [3.05, 3.63) is 225 Å². The van der Waals surface area contributed by atoms with Gasteiger partial charge in [0.1, 0.15) is 82.0 Å². The standard InChI is InChI=1S/C26H21OPS3.C24BF20/c27-20(19-10-2-1-3-11-19)18-28(21-12-4-7-15-24(21)29,22-13-5-8-16-25(22)30)23-14-6-9-17-26(23)31;26-5-1(6(27)14(35)21(42)13(5)34)25(2-7(28)15(36)22(43)16(37)8(2)29,3-9(30)17(38)23(44)18(39)10(3)31)4-11(32)19(40)24(45)20(41)12(4)33/h1-17H,18H2,(H2-,29,30,31);/q;-1/p+1. The van der Waals surface area contributed by atoms with Gasteiger partial charge in [-0.3, -0.25) is 4.79 Å². The van der Waals surface area contributed by atoms with E-state index >= 15 is 35.1 Å². The molecule has 0 atom stereocenters. The van der Waals surface area contributed by atoms with Crippen LogP contribution < -0.4 is 37.8 Å². The van der Waals surface area contributed by atoms with Gasteiger partial charge in [0.15, 0.2) is 69.8 Å². The second kappa shape index (κ2) is 21.9. The molecular formula is C50H22BF20OPS3. The van der Waals surface area contributed by atoms with Crippen molar-refractivity contribution in [2.24, 2.45) is 0 Å². The van der Waals surface area contributed by atoms with Crippen molar-refractivity contribution in [2.45, 2.75) is 14.7 Å². The third-order valence-corrected chi connectivity index (χ3v) is 18.2. The minimum atomic E-state index is -7.22. The van der Waals surface area contributed by atoms with Crippen LogP contribution in [0.15, 0.2) is 118 Å². The first-order valence-corrected chi connectivity index (χ1v) is 24.1. The summed E-state index contributed by atoms with van der Waals surface area (Å²) in [5, 5.41) is 3.18. The van der Waals surface area contributed by atoms with Gasteiger partial charge in [0.05, 0.1) is 0 Å². The third kappa shape index (κ3) is 9.08. The van der Waals surface area contributed by atoms with Crippen LogP contribution in [-0.2, 0) is 0 Å². The summed E-state index contributed by atoms with van der Waals surface area (Å²) in [4.78, 5) is 16.3. The van der Waals surface area contributed by atoms with E-state index in [0.29, 0.717) is 11.7 Å². The Hall–Kier alpha value is -6.43. The van der Waals surface area contributed by atoms with E-state index in [9.17, 15) is 57.5 Å². The number of ketones is 1. The Labute approximate surface area is 431 Å². The molecule has 0 unspecified atom stereocenters. The molecule has 0 spiro atoms. The summed E-state index contributed by atoms with van der Waals surface area (Å²) >= 11 is 14.5. The highest BCUT2D eigenvalue weighted by Gasteiger charge is 2.53. The van der Waals surface area contributed by atoms with Gasteiger partial charge in [-0.05, 0) is 36.4 Å². The topological polar surface area (TPSA) is 17.1 Å². The van der Waals surface area contributed by atoms with Crippen molar-refractivity contribution in [3.63, 3.8) is 0 Å². The molecule has 394 valence electrons. The highest BCUT2D eigenvalue weighted by molar-refractivity contribution is 7.98. The summed E-state index contributed by atoms with van der Waals surface area (Å²) in [5.74, 6) is -71.3. The van der Waals surface area contributed by atoms with E-state index in [4.69, 9.17) is 37.9 Å². The van der Waals surface area contributed by atoms with Crippen LogP contribution in [-0.4, -0.2) is 18.1 Å². The normalized spacial score (nSPS) is 11.7. The second-order valence-electron chi connectivity index (χ2n) is 16.0. The number of hydrogen-bond acceptors (Lipinski definition) is 4. The fourth-order valence-corrected chi connectivity index (χ4v) is 15.2. The summed E-state index contributed by atoms with van der Waals surface area (Å²) in [7, 11) is -2.47. The molecule has 0 aliphatic rings. The van der Waals surface area contributed by atoms with Crippen molar-refractivity contribution >= 4 is 94.8 Å². The van der Waals surface area contributed by atoms with Crippen LogP contribution in [0.2, 0.25) is 0 Å². The van der Waals surface area contributed by atoms with Gasteiger partial charge in [0.25, 0.3) is 0 Å². The molecule has 0 bridgehead atoms. The van der Waals surface area contributed by atoms with Gasteiger partial charge in [-0.15, -0.1) is 59.7 Å². The average Bonchev–Trinajstić information content (AvgIpc) is 3.41. The molecule has 8 rings (SSSR count). The molecule has 0 aliphatic carbocycles. The summed E-state index contributed by atoms with van der Waals surface area (Å²) < 4.78 is 294. The molecule has 0 aromatic heterocycles. The molecular weight excluding hydrogens is 1130 g/mol. The van der Waals surface area contributed by atoms with E-state index in [1.54, 1.807) is 0 Å². The van der Waals surface area contributed by atoms with Crippen molar-refractivity contribution in [2.75, 3.05) is 6.16 Å². The summed E-state index contributed by atoms with van der Waals surface area (Å²) in [6, 6.07) is 33.7. The molecule has 0 N–H and O–H groups in total. The molecule has 1 nitrogen and oxygen atoms in total. The predicted octanol–water partition coefficient (Wildman–Crippen LogP) is 11.6. The van der Waals surface area contributed by atoms with Crippen molar-refractivity contribution < 1.29 is 92.6 Å². The van der Waals surface area contributed by atoms with Gasteiger partial charge in [-0.2, -0.15) is 0 Å². The van der Waals surface area contributed by atoms with Crippen LogP contribution in [0.25, 0.3) is 0 Å². The molecule has 0 radical (unpaired) electrons. The Morgan fingerprint density at radius 3 is 0.724 bits per heavy atom. The van der Waals surface area contributed by atoms with E-state index in [1.807, 2.05) is 84.9 Å². The number of rotatable bonds is 10. The molecule has 0 aliphatic heterocycles. The van der Waals surface area contributed by atoms with Crippen LogP contribution in [0, 0.1) is 116 Å². The smallest absolute Gasteiger partial charge is 0.201 e. The quantitative estimate of drug-likeness (QED) is 0.0237. The fraction of sp³-hybridized carbons (Fsp3) is 0.0200. The number of carbonyl (C=O) groups excluding carboxylic acids is 1. The van der Waals surface area contributed by atoms with E-state index in [-0.39, 0.29) is 5.78 Å². The zero-order chi connectivity index (χ0) is 56.2. The first kappa shape index (κ1) is 57.3. The van der Waals surface area contributed by atoms with Crippen LogP contribution in [0.3, 0.4) is 0 Å². The SMILES string of the molecule is Fc1c(F)c(F)c([B-](c2c(F)c(F)c(F)c(F)c2F)(c2c(F)c(F)c(F)c(F)c2F)c2c(F)c(F)c(F)c(F)c2F)c(F)c1F.O=C(C[P+](c1ccccc1S)(c1ccccc1S)c1ccccc1S)c1ccccc1. The molecule has 0 amide bonds. The van der Waals surface area contributed by atoms with E-state index in [1.165, 1.54) is 0 Å². The predicted molar refractivity (Wildman–Crippen MR) is 252 cm³/mol. The van der Waals surface area contributed by atoms with Crippen LogP contribution in [0.1, 0.15) is 10.4 Å². The van der Waals surface area contributed by atoms with Crippen LogP contribution >= 0.6 is 45.1 Å². The lowest BCUT2D eigenvalue weighted by atomic mass is 9.12. The number of hydrogen-bond donors (Lipinski definition) is 3.